The Bertz CT molecular complexity index is 819. The van der Waals surface area contributed by atoms with Crippen LogP contribution >= 0.6 is 12.2 Å². The van der Waals surface area contributed by atoms with Crippen molar-refractivity contribution in [3.8, 4) is 5.75 Å². The molecule has 0 atom stereocenters. The summed E-state index contributed by atoms with van der Waals surface area (Å²) in [5.74, 6) is 0.178. The largest absolute Gasteiger partial charge is 0.507 e. The van der Waals surface area contributed by atoms with Gasteiger partial charge in [0.1, 0.15) is 12.1 Å². The van der Waals surface area contributed by atoms with Gasteiger partial charge < -0.3 is 5.11 Å². The van der Waals surface area contributed by atoms with Gasteiger partial charge in [-0.1, -0.05) is 30.3 Å². The number of benzene rings is 2. The molecule has 0 fully saturated rings. The van der Waals surface area contributed by atoms with Crippen LogP contribution in [0.1, 0.15) is 5.56 Å². The topological polar surface area (TPSA) is 66.2 Å². The second-order valence-corrected chi connectivity index (χ2v) is 4.36. The van der Waals surface area contributed by atoms with E-state index >= 15 is 0 Å². The van der Waals surface area contributed by atoms with Crippen molar-refractivity contribution in [2.24, 2.45) is 5.10 Å². The van der Waals surface area contributed by atoms with Gasteiger partial charge in [-0.05, 0) is 29.1 Å². The van der Waals surface area contributed by atoms with Crippen molar-refractivity contribution in [2.45, 2.75) is 0 Å². The van der Waals surface area contributed by atoms with Crippen molar-refractivity contribution in [2.75, 3.05) is 0 Å². The summed E-state index contributed by atoms with van der Waals surface area (Å²) in [6.07, 6.45) is 3.05. The molecule has 0 radical (unpaired) electrons. The monoisotopic (exact) mass is 270 g/mol. The van der Waals surface area contributed by atoms with E-state index in [9.17, 15) is 5.11 Å². The van der Waals surface area contributed by atoms with Crippen LogP contribution in [0.5, 0.6) is 5.75 Å². The van der Waals surface area contributed by atoms with E-state index in [1.165, 1.54) is 11.0 Å². The third kappa shape index (κ3) is 2.13. The van der Waals surface area contributed by atoms with E-state index in [1.807, 2.05) is 30.3 Å². The zero-order valence-electron chi connectivity index (χ0n) is 9.82. The third-order valence-electron chi connectivity index (χ3n) is 2.79. The minimum absolute atomic E-state index is 0.178. The lowest BCUT2D eigenvalue weighted by atomic mass is 10.0. The zero-order valence-corrected chi connectivity index (χ0v) is 10.6. The van der Waals surface area contributed by atoms with Crippen LogP contribution in [0.4, 0.5) is 0 Å². The van der Waals surface area contributed by atoms with Crippen molar-refractivity contribution in [3.63, 3.8) is 0 Å². The Labute approximate surface area is 113 Å². The fourth-order valence-electron chi connectivity index (χ4n) is 1.86. The molecule has 2 N–H and O–H groups in total. The van der Waals surface area contributed by atoms with E-state index < -0.39 is 0 Å². The number of aromatic nitrogens is 3. The van der Waals surface area contributed by atoms with E-state index in [1.54, 1.807) is 12.3 Å². The molecule has 3 aromatic rings. The highest BCUT2D eigenvalue weighted by molar-refractivity contribution is 7.71. The molecule has 0 saturated heterocycles. The van der Waals surface area contributed by atoms with Gasteiger partial charge in [0.2, 0.25) is 4.77 Å². The smallest absolute Gasteiger partial charge is 0.216 e. The Balaban J connectivity index is 2.15. The molecule has 1 aromatic heterocycles. The average molecular weight is 270 g/mol. The first-order valence-electron chi connectivity index (χ1n) is 5.63. The molecule has 0 amide bonds. The van der Waals surface area contributed by atoms with Crippen molar-refractivity contribution in [1.82, 2.24) is 14.9 Å². The number of phenols is 1. The van der Waals surface area contributed by atoms with Gasteiger partial charge >= 0.3 is 0 Å². The second kappa shape index (κ2) is 4.66. The Kier molecular flexibility index (Phi) is 2.85. The van der Waals surface area contributed by atoms with Crippen molar-refractivity contribution < 1.29 is 5.11 Å². The molecule has 94 valence electrons. The predicted molar refractivity (Wildman–Crippen MR) is 76.0 cm³/mol. The molecule has 2 aromatic carbocycles. The first kappa shape index (κ1) is 11.6. The van der Waals surface area contributed by atoms with E-state index in [4.69, 9.17) is 12.2 Å². The highest BCUT2D eigenvalue weighted by Gasteiger charge is 2.04. The minimum atomic E-state index is 0.178. The molecule has 1 heterocycles. The number of nitrogens with one attached hydrogen (secondary N) is 1. The van der Waals surface area contributed by atoms with Crippen LogP contribution in [-0.4, -0.2) is 26.2 Å². The van der Waals surface area contributed by atoms with Crippen molar-refractivity contribution >= 4 is 29.2 Å². The minimum Gasteiger partial charge on any atom is -0.507 e. The first-order valence-corrected chi connectivity index (χ1v) is 6.03. The molecule has 0 aliphatic rings. The summed E-state index contributed by atoms with van der Waals surface area (Å²) in [6, 6.07) is 11.3. The Morgan fingerprint density at radius 2 is 2.11 bits per heavy atom. The lowest BCUT2D eigenvalue weighted by molar-refractivity contribution is 0.475. The number of hydrogen-bond donors (Lipinski definition) is 2. The number of H-pyrrole nitrogens is 1. The van der Waals surface area contributed by atoms with E-state index in [-0.39, 0.29) is 5.75 Å². The lowest BCUT2D eigenvalue weighted by Crippen LogP contribution is -1.91. The standard InChI is InChI=1S/C13H10N4OS/c18-12-6-5-9-3-1-2-4-10(9)11(12)7-15-17-8-14-16-13(17)19/h1-8,18H,(H,16,19)/b15-7+. The van der Waals surface area contributed by atoms with E-state index in [2.05, 4.69) is 15.3 Å². The number of aromatic amines is 1. The van der Waals surface area contributed by atoms with Crippen LogP contribution < -0.4 is 0 Å². The summed E-state index contributed by atoms with van der Waals surface area (Å²) < 4.78 is 1.83. The summed E-state index contributed by atoms with van der Waals surface area (Å²) >= 11 is 5.00. The molecular weight excluding hydrogens is 260 g/mol. The molecule has 0 unspecified atom stereocenters. The Hall–Kier alpha value is -2.47. The number of hydrogen-bond acceptors (Lipinski definition) is 4. The molecule has 6 heteroatoms. The van der Waals surface area contributed by atoms with Crippen molar-refractivity contribution in [3.05, 3.63) is 53.1 Å². The number of aromatic hydroxyl groups is 1. The van der Waals surface area contributed by atoms with Gasteiger partial charge in [0.25, 0.3) is 0 Å². The van der Waals surface area contributed by atoms with Crippen LogP contribution in [0.3, 0.4) is 0 Å². The molecule has 5 nitrogen and oxygen atoms in total. The lowest BCUT2D eigenvalue weighted by Gasteiger charge is -2.04. The SMILES string of the molecule is Oc1ccc2ccccc2c1/C=N/n1cn[nH]c1=S. The van der Waals surface area contributed by atoms with Gasteiger partial charge in [0.15, 0.2) is 0 Å². The molecule has 0 spiro atoms. The van der Waals surface area contributed by atoms with Gasteiger partial charge in [0, 0.05) is 5.56 Å². The second-order valence-electron chi connectivity index (χ2n) is 3.97. The van der Waals surface area contributed by atoms with Gasteiger partial charge in [0.05, 0.1) is 6.21 Å². The molecule has 0 aliphatic heterocycles. The number of nitrogens with zero attached hydrogens (tertiary/aromatic N) is 3. The summed E-state index contributed by atoms with van der Waals surface area (Å²) in [7, 11) is 0. The maximum Gasteiger partial charge on any atom is 0.216 e. The van der Waals surface area contributed by atoms with Crippen LogP contribution in [0, 0.1) is 4.77 Å². The van der Waals surface area contributed by atoms with Gasteiger partial charge in [-0.2, -0.15) is 14.9 Å². The van der Waals surface area contributed by atoms with Crippen LogP contribution in [0.15, 0.2) is 47.8 Å². The third-order valence-corrected chi connectivity index (χ3v) is 3.07. The molecule has 0 saturated carbocycles. The highest BCUT2D eigenvalue weighted by Crippen LogP contribution is 2.25. The van der Waals surface area contributed by atoms with Crippen LogP contribution in [0.2, 0.25) is 0 Å². The normalized spacial score (nSPS) is 11.4. The summed E-state index contributed by atoms with van der Waals surface area (Å²) in [5.41, 5.74) is 0.654. The molecule has 0 aliphatic carbocycles. The predicted octanol–water partition coefficient (Wildman–Crippen LogP) is 2.68. The maximum atomic E-state index is 9.96. The average Bonchev–Trinajstić information content (AvgIpc) is 2.83. The molecule has 3 rings (SSSR count). The Morgan fingerprint density at radius 3 is 2.89 bits per heavy atom. The summed E-state index contributed by atoms with van der Waals surface area (Å²) in [6.45, 7) is 0. The summed E-state index contributed by atoms with van der Waals surface area (Å²) in [4.78, 5) is 0. The summed E-state index contributed by atoms with van der Waals surface area (Å²) in [5, 5.41) is 22.5. The fraction of sp³-hybridized carbons (Fsp3) is 0. The van der Waals surface area contributed by atoms with Crippen LogP contribution in [0.25, 0.3) is 10.8 Å². The van der Waals surface area contributed by atoms with Crippen molar-refractivity contribution in [1.29, 1.82) is 0 Å². The fourth-order valence-corrected chi connectivity index (χ4v) is 2.01. The molecule has 0 bridgehead atoms. The molecule has 19 heavy (non-hydrogen) atoms. The number of rotatable bonds is 2. The number of fused-ring (bicyclic) bond motifs is 1. The van der Waals surface area contributed by atoms with Crippen LogP contribution in [-0.2, 0) is 0 Å². The van der Waals surface area contributed by atoms with E-state index in [0.717, 1.165) is 10.8 Å². The van der Waals surface area contributed by atoms with E-state index in [0.29, 0.717) is 10.3 Å². The highest BCUT2D eigenvalue weighted by atomic mass is 32.1. The maximum absolute atomic E-state index is 9.96. The van der Waals surface area contributed by atoms with Gasteiger partial charge in [-0.15, -0.1) is 0 Å². The quantitative estimate of drug-likeness (QED) is 0.556. The molecular formula is C13H10N4OS. The Morgan fingerprint density at radius 1 is 1.26 bits per heavy atom. The first-order chi connectivity index (χ1) is 9.25. The number of phenolic OH excluding ortho intramolecular Hbond substituents is 1. The zero-order chi connectivity index (χ0) is 13.2. The van der Waals surface area contributed by atoms with Gasteiger partial charge in [-0.3, -0.25) is 5.10 Å². The van der Waals surface area contributed by atoms with Gasteiger partial charge in [-0.25, -0.2) is 0 Å².